The molecule has 16 nitrogen and oxygen atoms in total. The number of carbonyl (C=O) groups excluding carboxylic acids is 6. The summed E-state index contributed by atoms with van der Waals surface area (Å²) in [5, 5.41) is 9.89. The number of nitrogens with one attached hydrogen (secondary N) is 1. The molecule has 1 heterocycles. The highest BCUT2D eigenvalue weighted by Gasteiger charge is 2.48. The fourth-order valence-electron chi connectivity index (χ4n) is 3.91. The van der Waals surface area contributed by atoms with Gasteiger partial charge in [-0.2, -0.15) is 8.42 Å². The topological polar surface area (TPSA) is 231 Å². The molecule has 1 aliphatic rings. The third-order valence-electron chi connectivity index (χ3n) is 6.31. The fraction of sp³-hybridized carbons (Fsp3) is 0.538. The van der Waals surface area contributed by atoms with Crippen molar-refractivity contribution in [2.45, 2.75) is 37.0 Å². The zero-order valence-electron chi connectivity index (χ0n) is 25.0. The quantitative estimate of drug-likeness (QED) is 0.0509. The Morgan fingerprint density at radius 2 is 1.71 bits per heavy atom. The summed E-state index contributed by atoms with van der Waals surface area (Å²) < 4.78 is 32.0. The number of imide groups is 2. The number of aromatic hydroxyl groups is 1. The maximum Gasteiger partial charge on any atom is 0.334 e. The number of quaternary nitrogens is 1. The normalized spacial score (nSPS) is 15.9. The molecule has 0 aromatic heterocycles. The number of likely N-dealkylation sites (N-methyl/N-ethyl adjacent to an activating group) is 1. The van der Waals surface area contributed by atoms with E-state index in [-0.39, 0.29) is 54.0 Å². The largest absolute Gasteiger partial charge is 0.508 e. The third-order valence-corrected chi connectivity index (χ3v) is 9.81. The van der Waals surface area contributed by atoms with Gasteiger partial charge in [-0.05, 0) is 17.7 Å². The maximum absolute atomic E-state index is 13.5. The molecule has 1 aliphatic heterocycles. The highest BCUT2D eigenvalue weighted by molar-refractivity contribution is 8.76. The minimum absolute atomic E-state index is 0.0112. The summed E-state index contributed by atoms with van der Waals surface area (Å²) in [6, 6.07) is 5.08. The lowest BCUT2D eigenvalue weighted by Crippen LogP contribution is -2.55. The molecule has 1 aromatic rings. The van der Waals surface area contributed by atoms with Crippen LogP contribution in [0.25, 0.3) is 0 Å². The number of benzene rings is 1. The Balaban J connectivity index is 1.98. The van der Waals surface area contributed by atoms with Crippen molar-refractivity contribution in [1.82, 2.24) is 15.3 Å². The fourth-order valence-corrected chi connectivity index (χ4v) is 6.56. The lowest BCUT2D eigenvalue weighted by Gasteiger charge is -2.34. The van der Waals surface area contributed by atoms with E-state index >= 15 is 0 Å². The summed E-state index contributed by atoms with van der Waals surface area (Å²) in [6.07, 6.45) is -1.00. The van der Waals surface area contributed by atoms with Crippen molar-refractivity contribution in [3.63, 3.8) is 0 Å². The number of rotatable bonds is 17. The van der Waals surface area contributed by atoms with E-state index < -0.39 is 64.0 Å². The average molecular weight is 693 g/mol. The number of phenols is 1. The maximum atomic E-state index is 13.5. The van der Waals surface area contributed by atoms with E-state index in [1.807, 2.05) is 21.1 Å². The summed E-state index contributed by atoms with van der Waals surface area (Å²) in [5.41, 5.74) is 6.02. The van der Waals surface area contributed by atoms with Gasteiger partial charge in [-0.1, -0.05) is 33.7 Å². The first-order chi connectivity index (χ1) is 20.9. The van der Waals surface area contributed by atoms with Crippen LogP contribution in [0.5, 0.6) is 5.75 Å². The second-order valence-electron chi connectivity index (χ2n) is 10.9. The van der Waals surface area contributed by atoms with Gasteiger partial charge in [-0.15, -0.1) is 5.06 Å². The molecule has 2 rings (SSSR count). The molecular weight excluding hydrogens is 655 g/mol. The molecular formula is C26H38N5O11S3+. The summed E-state index contributed by atoms with van der Waals surface area (Å²) in [5.74, 6) is -4.66. The van der Waals surface area contributed by atoms with Crippen LogP contribution in [0, 0.1) is 0 Å². The van der Waals surface area contributed by atoms with Crippen LogP contribution in [0.2, 0.25) is 0 Å². The lowest BCUT2D eigenvalue weighted by molar-refractivity contribution is -0.869. The summed E-state index contributed by atoms with van der Waals surface area (Å²) in [4.78, 5) is 80.6. The first-order valence-electron chi connectivity index (χ1n) is 13.6. The van der Waals surface area contributed by atoms with Crippen LogP contribution in [-0.2, 0) is 50.1 Å². The van der Waals surface area contributed by atoms with E-state index in [2.05, 4.69) is 10.2 Å². The molecule has 0 bridgehead atoms. The van der Waals surface area contributed by atoms with E-state index in [9.17, 15) is 42.3 Å². The predicted molar refractivity (Wildman–Crippen MR) is 164 cm³/mol. The molecule has 19 heteroatoms. The molecule has 0 aliphatic carbocycles. The van der Waals surface area contributed by atoms with Crippen LogP contribution in [0.15, 0.2) is 24.3 Å². The van der Waals surface area contributed by atoms with Gasteiger partial charge in [0.15, 0.2) is 5.25 Å². The molecule has 5 amide bonds. The van der Waals surface area contributed by atoms with Gasteiger partial charge in [0.25, 0.3) is 21.9 Å². The first-order valence-corrected chi connectivity index (χ1v) is 17.6. The monoisotopic (exact) mass is 692 g/mol. The van der Waals surface area contributed by atoms with Crippen LogP contribution in [0.4, 0.5) is 0 Å². The number of nitrogens with zero attached hydrogens (tertiary/aromatic N) is 3. The van der Waals surface area contributed by atoms with Crippen molar-refractivity contribution in [1.29, 1.82) is 0 Å². The molecule has 0 radical (unpaired) electrons. The minimum atomic E-state index is -4.83. The van der Waals surface area contributed by atoms with Crippen molar-refractivity contribution in [3.05, 3.63) is 29.8 Å². The standard InChI is InChI=1S/C26H37N5O11S3/c1-31(2,3)11-10-29(19(25(37)28-21(33)16-27)14-17-4-6-18(32)7-5-17)22(34)8-12-43-44-13-9-24(36)42-30-23(35)15-20(26(30)38)45(39,40)41/h4-7,19-20H,8-16,27H2,1-3H3,(H2-,28,32,33,37,39,40,41)/p+1/t19-,20?/m0/s1. The molecule has 250 valence electrons. The van der Waals surface area contributed by atoms with Crippen molar-refractivity contribution in [2.24, 2.45) is 5.73 Å². The lowest BCUT2D eigenvalue weighted by atomic mass is 10.0. The van der Waals surface area contributed by atoms with E-state index in [0.29, 0.717) is 16.6 Å². The highest BCUT2D eigenvalue weighted by atomic mass is 33.1. The SMILES string of the molecule is C[N+](C)(C)CCN(C(=O)CCSSCCC(=O)ON1C(=O)CC(S(=O)(=O)O)C1=O)[C@@H](Cc1ccc(O)cc1)C(=O)NC(=O)CN. The third kappa shape index (κ3) is 12.6. The van der Waals surface area contributed by atoms with Crippen molar-refractivity contribution in [3.8, 4) is 5.75 Å². The number of nitrogens with two attached hydrogens (primary N) is 1. The van der Waals surface area contributed by atoms with Gasteiger partial charge in [0.05, 0.1) is 53.6 Å². The van der Waals surface area contributed by atoms with Crippen molar-refractivity contribution >= 4 is 67.2 Å². The number of carbonyl (C=O) groups is 6. The Morgan fingerprint density at radius 3 is 2.24 bits per heavy atom. The zero-order valence-corrected chi connectivity index (χ0v) is 27.5. The molecule has 45 heavy (non-hydrogen) atoms. The van der Waals surface area contributed by atoms with E-state index in [4.69, 9.17) is 10.3 Å². The molecule has 5 N–H and O–H groups in total. The van der Waals surface area contributed by atoms with Gasteiger partial charge in [0, 0.05) is 24.3 Å². The second kappa shape index (κ2) is 16.9. The highest BCUT2D eigenvalue weighted by Crippen LogP contribution is 2.25. The molecule has 1 aromatic carbocycles. The molecule has 0 saturated carbocycles. The van der Waals surface area contributed by atoms with Gasteiger partial charge in [0.1, 0.15) is 11.8 Å². The number of phenolic OH excluding ortho intramolecular Hbond substituents is 1. The Bertz CT molecular complexity index is 1370. The second-order valence-corrected chi connectivity index (χ2v) is 15.2. The van der Waals surface area contributed by atoms with Gasteiger partial charge in [0.2, 0.25) is 17.7 Å². The molecule has 1 unspecified atom stereocenters. The number of hydroxylamine groups is 2. The van der Waals surface area contributed by atoms with Gasteiger partial charge in [-0.3, -0.25) is 33.8 Å². The van der Waals surface area contributed by atoms with E-state index in [1.54, 1.807) is 12.1 Å². The molecule has 2 atom stereocenters. The predicted octanol–water partition coefficient (Wildman–Crippen LogP) is -0.925. The molecule has 1 fully saturated rings. The Kier molecular flexibility index (Phi) is 14.3. The number of amides is 5. The van der Waals surface area contributed by atoms with E-state index in [0.717, 1.165) is 0 Å². The summed E-state index contributed by atoms with van der Waals surface area (Å²) in [6.45, 7) is 0.278. The zero-order chi connectivity index (χ0) is 33.9. The van der Waals surface area contributed by atoms with Crippen LogP contribution >= 0.6 is 21.6 Å². The van der Waals surface area contributed by atoms with Crippen LogP contribution in [0.3, 0.4) is 0 Å². The van der Waals surface area contributed by atoms with Gasteiger partial charge < -0.3 is 25.1 Å². The molecule has 0 spiro atoms. The van der Waals surface area contributed by atoms with E-state index in [1.165, 1.54) is 38.6 Å². The first kappa shape index (κ1) is 38.0. The molecule has 1 saturated heterocycles. The Labute approximate surface area is 268 Å². The van der Waals surface area contributed by atoms with Crippen molar-refractivity contribution < 1.29 is 56.2 Å². The van der Waals surface area contributed by atoms with Crippen LogP contribution in [-0.4, -0.2) is 132 Å². The van der Waals surface area contributed by atoms with Crippen LogP contribution < -0.4 is 11.1 Å². The summed E-state index contributed by atoms with van der Waals surface area (Å²) >= 11 is 0. The number of hydrogen-bond donors (Lipinski definition) is 4. The Hall–Kier alpha value is -3.23. The number of hydrogen-bond acceptors (Lipinski definition) is 13. The van der Waals surface area contributed by atoms with Crippen LogP contribution in [0.1, 0.15) is 24.8 Å². The summed E-state index contributed by atoms with van der Waals surface area (Å²) in [7, 11) is 3.40. The van der Waals surface area contributed by atoms with Gasteiger partial charge in [-0.25, -0.2) is 4.79 Å². The average Bonchev–Trinajstić information content (AvgIpc) is 3.23. The Morgan fingerprint density at radius 1 is 1.11 bits per heavy atom. The van der Waals surface area contributed by atoms with Gasteiger partial charge >= 0.3 is 5.97 Å². The smallest absolute Gasteiger partial charge is 0.334 e. The van der Waals surface area contributed by atoms with Crippen molar-refractivity contribution in [2.75, 3.05) is 52.3 Å². The minimum Gasteiger partial charge on any atom is -0.508 e.